The standard InChI is InChI=1S/C17H22NO4P/c1-18-11-5-9-15(18)12-14-8-3-6-13-7-4-10-16(17(13)14)22-23(19,20)21-2/h3-4,6-8,10,15H,5,9,11-12H2,1-2H3,(H,19,20). The van der Waals surface area contributed by atoms with Crippen LogP contribution in [0.15, 0.2) is 36.4 Å². The molecule has 0 radical (unpaired) electrons. The van der Waals surface area contributed by atoms with Gasteiger partial charge in [-0.25, -0.2) is 4.57 Å². The minimum absolute atomic E-state index is 0.395. The predicted molar refractivity (Wildman–Crippen MR) is 90.8 cm³/mol. The first-order valence-electron chi connectivity index (χ1n) is 7.79. The molecule has 1 aliphatic heterocycles. The van der Waals surface area contributed by atoms with Gasteiger partial charge in [-0.1, -0.05) is 30.3 Å². The van der Waals surface area contributed by atoms with Gasteiger partial charge in [-0.15, -0.1) is 0 Å². The van der Waals surface area contributed by atoms with Crippen molar-refractivity contribution in [3.63, 3.8) is 0 Å². The number of benzene rings is 2. The number of hydrogen-bond donors (Lipinski definition) is 1. The molecule has 1 saturated heterocycles. The average Bonchev–Trinajstić information content (AvgIpc) is 2.92. The summed E-state index contributed by atoms with van der Waals surface area (Å²) in [5, 5.41) is 1.89. The Bertz CT molecular complexity index is 743. The zero-order chi connectivity index (χ0) is 16.4. The third-order valence-corrected chi connectivity index (χ3v) is 5.41. The number of phosphoric ester groups is 1. The SMILES string of the molecule is COP(=O)(O)Oc1cccc2cccc(CC3CCCN3C)c12. The van der Waals surface area contributed by atoms with Gasteiger partial charge in [0.25, 0.3) is 0 Å². The van der Waals surface area contributed by atoms with E-state index in [-0.39, 0.29) is 0 Å². The highest BCUT2D eigenvalue weighted by molar-refractivity contribution is 7.47. The summed E-state index contributed by atoms with van der Waals surface area (Å²) in [6.07, 6.45) is 3.29. The van der Waals surface area contributed by atoms with Gasteiger partial charge in [0.05, 0.1) is 0 Å². The number of likely N-dealkylation sites (N-methyl/N-ethyl adjacent to an activating group) is 1. The van der Waals surface area contributed by atoms with Gasteiger partial charge < -0.3 is 9.42 Å². The molecule has 2 atom stereocenters. The summed E-state index contributed by atoms with van der Waals surface area (Å²) in [5.74, 6) is 0.395. The largest absolute Gasteiger partial charge is 0.527 e. The van der Waals surface area contributed by atoms with E-state index >= 15 is 0 Å². The molecule has 0 spiro atoms. The minimum atomic E-state index is -4.08. The van der Waals surface area contributed by atoms with E-state index in [1.165, 1.54) is 20.0 Å². The maximum Gasteiger partial charge on any atom is 0.527 e. The number of phosphoric acid groups is 1. The molecule has 23 heavy (non-hydrogen) atoms. The van der Waals surface area contributed by atoms with Crippen LogP contribution >= 0.6 is 7.82 Å². The lowest BCUT2D eigenvalue weighted by molar-refractivity contribution is 0.243. The van der Waals surface area contributed by atoms with E-state index in [1.54, 1.807) is 6.07 Å². The number of rotatable bonds is 5. The average molecular weight is 335 g/mol. The molecule has 124 valence electrons. The summed E-state index contributed by atoms with van der Waals surface area (Å²) in [5.41, 5.74) is 1.13. The molecule has 5 nitrogen and oxygen atoms in total. The maximum atomic E-state index is 11.8. The fourth-order valence-electron chi connectivity index (χ4n) is 3.28. The highest BCUT2D eigenvalue weighted by Gasteiger charge is 2.25. The fraction of sp³-hybridized carbons (Fsp3) is 0.412. The molecule has 0 aliphatic carbocycles. The first kappa shape index (κ1) is 16.5. The Morgan fingerprint density at radius 3 is 2.70 bits per heavy atom. The summed E-state index contributed by atoms with van der Waals surface area (Å²) in [4.78, 5) is 12.0. The van der Waals surface area contributed by atoms with Gasteiger partial charge in [0.1, 0.15) is 5.75 Å². The van der Waals surface area contributed by atoms with Crippen molar-refractivity contribution in [1.82, 2.24) is 4.90 Å². The van der Waals surface area contributed by atoms with Crippen LogP contribution in [0.4, 0.5) is 0 Å². The van der Waals surface area contributed by atoms with Crippen LogP contribution in [-0.4, -0.2) is 36.5 Å². The second kappa shape index (κ2) is 6.62. The van der Waals surface area contributed by atoms with Crippen molar-refractivity contribution in [2.45, 2.75) is 25.3 Å². The van der Waals surface area contributed by atoms with Crippen molar-refractivity contribution >= 4 is 18.6 Å². The molecule has 0 aromatic heterocycles. The molecule has 1 heterocycles. The summed E-state index contributed by atoms with van der Waals surface area (Å²) in [7, 11) is -0.765. The maximum absolute atomic E-state index is 11.8. The second-order valence-electron chi connectivity index (χ2n) is 5.99. The summed E-state index contributed by atoms with van der Waals surface area (Å²) in [6.45, 7) is 1.12. The van der Waals surface area contributed by atoms with Gasteiger partial charge in [-0.05, 0) is 49.9 Å². The normalized spacial score (nSPS) is 21.4. The Morgan fingerprint density at radius 2 is 2.04 bits per heavy atom. The third-order valence-electron chi connectivity index (χ3n) is 4.52. The first-order chi connectivity index (χ1) is 11.0. The quantitative estimate of drug-likeness (QED) is 0.846. The Labute approximate surface area is 136 Å². The highest BCUT2D eigenvalue weighted by Crippen LogP contribution is 2.45. The van der Waals surface area contributed by atoms with Crippen LogP contribution in [0.1, 0.15) is 18.4 Å². The van der Waals surface area contributed by atoms with Crippen molar-refractivity contribution in [3.05, 3.63) is 42.0 Å². The molecular weight excluding hydrogens is 313 g/mol. The molecule has 6 heteroatoms. The van der Waals surface area contributed by atoms with E-state index in [1.807, 2.05) is 24.3 Å². The molecule has 2 unspecified atom stereocenters. The number of nitrogens with zero attached hydrogens (tertiary/aromatic N) is 1. The fourth-order valence-corrected chi connectivity index (χ4v) is 3.76. The van der Waals surface area contributed by atoms with Crippen molar-refractivity contribution in [2.24, 2.45) is 0 Å². The Kier molecular flexibility index (Phi) is 4.74. The van der Waals surface area contributed by atoms with Gasteiger partial charge >= 0.3 is 7.82 Å². The topological polar surface area (TPSA) is 59.0 Å². The molecule has 1 aliphatic rings. The van der Waals surface area contributed by atoms with E-state index in [0.29, 0.717) is 11.8 Å². The third kappa shape index (κ3) is 3.59. The monoisotopic (exact) mass is 335 g/mol. The van der Waals surface area contributed by atoms with Gasteiger partial charge in [-0.3, -0.25) is 9.42 Å². The van der Waals surface area contributed by atoms with Crippen molar-refractivity contribution < 1.29 is 18.5 Å². The zero-order valence-corrected chi connectivity index (χ0v) is 14.3. The second-order valence-corrected chi connectivity index (χ2v) is 7.48. The minimum Gasteiger partial charge on any atom is -0.403 e. The molecule has 3 rings (SSSR count). The smallest absolute Gasteiger partial charge is 0.403 e. The molecule has 0 saturated carbocycles. The molecule has 1 N–H and O–H groups in total. The number of likely N-dealkylation sites (tertiary alicyclic amines) is 1. The predicted octanol–water partition coefficient (Wildman–Crippen LogP) is 3.60. The Morgan fingerprint density at radius 1 is 1.30 bits per heavy atom. The lowest BCUT2D eigenvalue weighted by atomic mass is 9.97. The van der Waals surface area contributed by atoms with Crippen LogP contribution in [0.5, 0.6) is 5.75 Å². The number of hydrogen-bond acceptors (Lipinski definition) is 4. The summed E-state index contributed by atoms with van der Waals surface area (Å²) < 4.78 is 21.6. The molecule has 0 bridgehead atoms. The van der Waals surface area contributed by atoms with Crippen molar-refractivity contribution in [3.8, 4) is 5.75 Å². The van der Waals surface area contributed by atoms with Crippen LogP contribution in [-0.2, 0) is 15.5 Å². The molecular formula is C17H22NO4P. The van der Waals surface area contributed by atoms with Crippen molar-refractivity contribution in [2.75, 3.05) is 20.7 Å². The molecule has 0 amide bonds. The van der Waals surface area contributed by atoms with Crippen LogP contribution in [0.25, 0.3) is 10.8 Å². The molecule has 1 fully saturated rings. The van der Waals surface area contributed by atoms with E-state index in [2.05, 4.69) is 22.5 Å². The van der Waals surface area contributed by atoms with E-state index in [0.717, 1.165) is 29.3 Å². The lowest BCUT2D eigenvalue weighted by Gasteiger charge is -2.21. The van der Waals surface area contributed by atoms with E-state index in [9.17, 15) is 9.46 Å². The van der Waals surface area contributed by atoms with Gasteiger partial charge in [0.15, 0.2) is 0 Å². The molecule has 2 aromatic carbocycles. The van der Waals surface area contributed by atoms with Crippen LogP contribution in [0, 0.1) is 0 Å². The molecule has 2 aromatic rings. The summed E-state index contributed by atoms with van der Waals surface area (Å²) >= 11 is 0. The highest BCUT2D eigenvalue weighted by atomic mass is 31.2. The number of fused-ring (bicyclic) bond motifs is 1. The Hall–Kier alpha value is -1.39. The Balaban J connectivity index is 2.02. The first-order valence-corrected chi connectivity index (χ1v) is 9.29. The van der Waals surface area contributed by atoms with Crippen LogP contribution in [0.3, 0.4) is 0 Å². The zero-order valence-electron chi connectivity index (χ0n) is 13.4. The van der Waals surface area contributed by atoms with Gasteiger partial charge in [-0.2, -0.15) is 0 Å². The van der Waals surface area contributed by atoms with Gasteiger partial charge in [0, 0.05) is 18.5 Å². The van der Waals surface area contributed by atoms with Gasteiger partial charge in [0.2, 0.25) is 0 Å². The lowest BCUT2D eigenvalue weighted by Crippen LogP contribution is -2.26. The van der Waals surface area contributed by atoms with E-state index < -0.39 is 7.82 Å². The van der Waals surface area contributed by atoms with E-state index in [4.69, 9.17) is 4.52 Å². The van der Waals surface area contributed by atoms with Crippen molar-refractivity contribution in [1.29, 1.82) is 0 Å². The van der Waals surface area contributed by atoms with Crippen LogP contribution < -0.4 is 4.52 Å². The van der Waals surface area contributed by atoms with Crippen LogP contribution in [0.2, 0.25) is 0 Å². The summed E-state index contributed by atoms with van der Waals surface area (Å²) in [6, 6.07) is 12.1.